The van der Waals surface area contributed by atoms with Crippen molar-refractivity contribution >= 4 is 11.4 Å². The first-order valence-corrected chi connectivity index (χ1v) is 13.7. The molecule has 0 aliphatic heterocycles. The molecule has 1 atom stereocenters. The maximum atomic E-state index is 5.88. The number of anilines is 1. The average molecular weight is 516 g/mol. The molecule has 1 aromatic heterocycles. The van der Waals surface area contributed by atoms with E-state index in [-0.39, 0.29) is 0 Å². The topological polar surface area (TPSA) is 61.0 Å². The predicted octanol–water partition coefficient (Wildman–Crippen LogP) is 10.2. The summed E-state index contributed by atoms with van der Waals surface area (Å²) in [7, 11) is 0. The third kappa shape index (κ3) is 13.0. The Bertz CT molecular complexity index is 1050. The fraction of sp³-hybridized carbons (Fsp3) is 0.353. The van der Waals surface area contributed by atoms with Crippen LogP contribution in [0.1, 0.15) is 77.1 Å². The van der Waals surface area contributed by atoms with Gasteiger partial charge in [-0.25, -0.2) is 9.97 Å². The second-order valence-electron chi connectivity index (χ2n) is 8.42. The molecular weight excluding hydrogens is 466 g/mol. The van der Waals surface area contributed by atoms with E-state index in [4.69, 9.17) is 10.5 Å². The molecule has 0 spiro atoms. The van der Waals surface area contributed by atoms with Crippen LogP contribution in [0.25, 0.3) is 5.57 Å². The molecule has 0 bridgehead atoms. The Balaban J connectivity index is 0.000000607. The molecule has 3 aromatic rings. The van der Waals surface area contributed by atoms with E-state index in [0.717, 1.165) is 29.2 Å². The third-order valence-electron chi connectivity index (χ3n) is 5.71. The second kappa shape index (κ2) is 21.4. The van der Waals surface area contributed by atoms with Gasteiger partial charge in [-0.1, -0.05) is 108 Å². The number of unbranched alkanes of at least 4 members (excludes halogenated alkanes) is 1. The lowest BCUT2D eigenvalue weighted by Crippen LogP contribution is -2.08. The van der Waals surface area contributed by atoms with Crippen molar-refractivity contribution in [3.8, 4) is 11.5 Å². The van der Waals surface area contributed by atoms with Gasteiger partial charge in [0.1, 0.15) is 23.6 Å². The highest BCUT2D eigenvalue weighted by atomic mass is 16.5. The zero-order valence-corrected chi connectivity index (χ0v) is 24.7. The number of nitrogens with zero attached hydrogens (tertiary/aromatic N) is 2. The molecule has 4 heteroatoms. The molecule has 0 aliphatic rings. The Labute approximate surface area is 232 Å². The third-order valence-corrected chi connectivity index (χ3v) is 5.71. The SMILES string of the molecule is C/C=C(\c1ncnc(N)c1C)C(CC)CCCC.C=CC=C.CC.Cc1ccc(Oc2ccccc2)cc1. The number of aryl methyl sites for hydroxylation is 1. The second-order valence-corrected chi connectivity index (χ2v) is 8.42. The van der Waals surface area contributed by atoms with E-state index in [1.807, 2.05) is 75.4 Å². The molecule has 0 amide bonds. The summed E-state index contributed by atoms with van der Waals surface area (Å²) in [5.41, 5.74) is 10.5. The lowest BCUT2D eigenvalue weighted by molar-refractivity contribution is 0.482. The number of nitrogens with two attached hydrogens (primary N) is 1. The molecule has 38 heavy (non-hydrogen) atoms. The number of hydrogen-bond acceptors (Lipinski definition) is 4. The molecule has 3 rings (SSSR count). The fourth-order valence-electron chi connectivity index (χ4n) is 3.58. The van der Waals surface area contributed by atoms with E-state index in [2.05, 4.69) is 56.9 Å². The molecule has 4 nitrogen and oxygen atoms in total. The maximum absolute atomic E-state index is 5.88. The van der Waals surface area contributed by atoms with Crippen LogP contribution in [0, 0.1) is 19.8 Å². The number of ether oxygens (including phenoxy) is 1. The van der Waals surface area contributed by atoms with Crippen LogP contribution in [-0.2, 0) is 0 Å². The van der Waals surface area contributed by atoms with E-state index < -0.39 is 0 Å². The Morgan fingerprint density at radius 2 is 1.50 bits per heavy atom. The highest BCUT2D eigenvalue weighted by molar-refractivity contribution is 5.69. The van der Waals surface area contributed by atoms with Gasteiger partial charge in [-0.05, 0) is 69.4 Å². The van der Waals surface area contributed by atoms with Crippen LogP contribution in [0.4, 0.5) is 5.82 Å². The van der Waals surface area contributed by atoms with Crippen molar-refractivity contribution in [3.63, 3.8) is 0 Å². The van der Waals surface area contributed by atoms with Crippen LogP contribution in [0.15, 0.2) is 92.3 Å². The minimum Gasteiger partial charge on any atom is -0.457 e. The molecule has 2 aromatic carbocycles. The van der Waals surface area contributed by atoms with Gasteiger partial charge >= 0.3 is 0 Å². The maximum Gasteiger partial charge on any atom is 0.130 e. The van der Waals surface area contributed by atoms with Gasteiger partial charge in [0.25, 0.3) is 0 Å². The van der Waals surface area contributed by atoms with E-state index in [1.165, 1.54) is 30.4 Å². The molecule has 1 unspecified atom stereocenters. The average Bonchev–Trinajstić information content (AvgIpc) is 2.96. The first kappa shape index (κ1) is 34.3. The van der Waals surface area contributed by atoms with Gasteiger partial charge in [0.15, 0.2) is 0 Å². The molecule has 0 radical (unpaired) electrons. The number of nitrogen functional groups attached to an aromatic ring is 1. The summed E-state index contributed by atoms with van der Waals surface area (Å²) in [6, 6.07) is 17.8. The quantitative estimate of drug-likeness (QED) is 0.288. The first-order chi connectivity index (χ1) is 18.4. The smallest absolute Gasteiger partial charge is 0.130 e. The molecule has 0 saturated heterocycles. The highest BCUT2D eigenvalue weighted by Crippen LogP contribution is 2.31. The van der Waals surface area contributed by atoms with Gasteiger partial charge in [0.05, 0.1) is 5.69 Å². The summed E-state index contributed by atoms with van der Waals surface area (Å²) in [4.78, 5) is 8.47. The molecular formula is C34H49N3O. The summed E-state index contributed by atoms with van der Waals surface area (Å²) in [5.74, 6) is 2.91. The van der Waals surface area contributed by atoms with Crippen LogP contribution < -0.4 is 10.5 Å². The summed E-state index contributed by atoms with van der Waals surface area (Å²) >= 11 is 0. The number of hydrogen-bond donors (Lipinski definition) is 1. The van der Waals surface area contributed by atoms with Crippen LogP contribution in [-0.4, -0.2) is 9.97 Å². The van der Waals surface area contributed by atoms with Gasteiger partial charge in [0.2, 0.25) is 0 Å². The Kier molecular flexibility index (Phi) is 19.4. The van der Waals surface area contributed by atoms with Gasteiger partial charge in [-0.15, -0.1) is 0 Å². The fourth-order valence-corrected chi connectivity index (χ4v) is 3.58. The molecule has 0 fully saturated rings. The van der Waals surface area contributed by atoms with Gasteiger partial charge < -0.3 is 10.5 Å². The summed E-state index contributed by atoms with van der Waals surface area (Å²) in [6.45, 7) is 21.3. The monoisotopic (exact) mass is 515 g/mol. The molecule has 1 heterocycles. The Morgan fingerprint density at radius 3 is 2.00 bits per heavy atom. The van der Waals surface area contributed by atoms with Crippen molar-refractivity contribution in [2.75, 3.05) is 5.73 Å². The zero-order chi connectivity index (χ0) is 28.8. The number of aromatic nitrogens is 2. The lowest BCUT2D eigenvalue weighted by atomic mass is 9.87. The van der Waals surface area contributed by atoms with Crippen molar-refractivity contribution in [1.29, 1.82) is 0 Å². The molecule has 206 valence electrons. The largest absolute Gasteiger partial charge is 0.457 e. The van der Waals surface area contributed by atoms with E-state index in [0.29, 0.717) is 11.7 Å². The van der Waals surface area contributed by atoms with E-state index >= 15 is 0 Å². The van der Waals surface area contributed by atoms with Crippen molar-refractivity contribution in [2.45, 2.75) is 74.1 Å². The minimum atomic E-state index is 0.572. The van der Waals surface area contributed by atoms with Crippen LogP contribution >= 0.6 is 0 Å². The normalized spacial score (nSPS) is 10.8. The Morgan fingerprint density at radius 1 is 0.921 bits per heavy atom. The van der Waals surface area contributed by atoms with Crippen LogP contribution in [0.5, 0.6) is 11.5 Å². The number of benzene rings is 2. The van der Waals surface area contributed by atoms with Crippen molar-refractivity contribution < 1.29 is 4.74 Å². The number of allylic oxidation sites excluding steroid dienone is 4. The molecule has 0 saturated carbocycles. The van der Waals surface area contributed by atoms with E-state index in [1.54, 1.807) is 18.5 Å². The van der Waals surface area contributed by atoms with Crippen LogP contribution in [0.2, 0.25) is 0 Å². The molecule has 2 N–H and O–H groups in total. The minimum absolute atomic E-state index is 0.572. The zero-order valence-electron chi connectivity index (χ0n) is 24.7. The van der Waals surface area contributed by atoms with Gasteiger partial charge in [-0.2, -0.15) is 0 Å². The van der Waals surface area contributed by atoms with E-state index in [9.17, 15) is 0 Å². The standard InChI is InChI=1S/C15H25N3.C13H12O.C4H6.C2H6/c1-5-8-9-12(6-2)13(7-3)14-11(4)15(16)18-10-17-14;1-11-7-9-13(10-8-11)14-12-5-3-2-4-6-12;1-3-4-2;1-2/h7,10,12H,5-6,8-9H2,1-4H3,(H2,16,17,18);2-10H,1H3;3-4H,1-2H2;1-2H3/b13-7-;;;. The first-order valence-electron chi connectivity index (χ1n) is 13.7. The van der Waals surface area contributed by atoms with Crippen molar-refractivity contribution in [1.82, 2.24) is 9.97 Å². The van der Waals surface area contributed by atoms with Crippen molar-refractivity contribution in [3.05, 3.63) is 109 Å². The summed E-state index contributed by atoms with van der Waals surface area (Å²) in [6.07, 6.45) is 11.9. The summed E-state index contributed by atoms with van der Waals surface area (Å²) < 4.78 is 5.63. The number of para-hydroxylation sites is 1. The summed E-state index contributed by atoms with van der Waals surface area (Å²) in [5, 5.41) is 0. The predicted molar refractivity (Wildman–Crippen MR) is 168 cm³/mol. The Hall–Kier alpha value is -3.66. The molecule has 0 aliphatic carbocycles. The van der Waals surface area contributed by atoms with Crippen molar-refractivity contribution in [2.24, 2.45) is 5.92 Å². The highest BCUT2D eigenvalue weighted by Gasteiger charge is 2.17. The lowest BCUT2D eigenvalue weighted by Gasteiger charge is -2.20. The van der Waals surface area contributed by atoms with Gasteiger partial charge in [-0.3, -0.25) is 0 Å². The van der Waals surface area contributed by atoms with Gasteiger partial charge in [0, 0.05) is 5.56 Å². The van der Waals surface area contributed by atoms with Crippen LogP contribution in [0.3, 0.4) is 0 Å². The number of rotatable bonds is 9.